The number of carbonyl (C=O) groups excluding carboxylic acids is 2. The summed E-state index contributed by atoms with van der Waals surface area (Å²) in [6, 6.07) is 5.98. The van der Waals surface area contributed by atoms with Gasteiger partial charge in [-0.1, -0.05) is 7.43 Å². The summed E-state index contributed by atoms with van der Waals surface area (Å²) in [6.45, 7) is 5.21. The number of halogens is 1. The molecule has 2 heterocycles. The Morgan fingerprint density at radius 3 is 2.65 bits per heavy atom. The van der Waals surface area contributed by atoms with Gasteiger partial charge in [-0.25, -0.2) is 14.2 Å². The molecule has 7 nitrogen and oxygen atoms in total. The number of fused-ring (bicyclic) bond motifs is 1. The normalized spacial score (nSPS) is 12.3. The van der Waals surface area contributed by atoms with E-state index in [1.165, 1.54) is 24.4 Å². The highest BCUT2D eigenvalue weighted by molar-refractivity contribution is 8.59. The van der Waals surface area contributed by atoms with Crippen molar-refractivity contribution in [2.45, 2.75) is 53.2 Å². The Morgan fingerprint density at radius 2 is 1.97 bits per heavy atom. The van der Waals surface area contributed by atoms with Gasteiger partial charge in [0.2, 0.25) is 5.91 Å². The molecule has 1 aliphatic heterocycles. The molecule has 2 aromatic rings. The molecule has 10 heteroatoms. The van der Waals surface area contributed by atoms with Crippen LogP contribution in [0.1, 0.15) is 45.7 Å². The van der Waals surface area contributed by atoms with Crippen molar-refractivity contribution in [3.63, 3.8) is 0 Å². The number of pyridine rings is 1. The topological polar surface area (TPSA) is 89.6 Å². The minimum absolute atomic E-state index is 0. The van der Waals surface area contributed by atoms with Crippen LogP contribution in [0.2, 0.25) is 0 Å². The van der Waals surface area contributed by atoms with Crippen LogP contribution in [0.25, 0.3) is 0 Å². The van der Waals surface area contributed by atoms with Gasteiger partial charge < -0.3 is 20.1 Å². The van der Waals surface area contributed by atoms with Crippen LogP contribution < -0.4 is 15.4 Å². The summed E-state index contributed by atoms with van der Waals surface area (Å²) in [4.78, 5) is 27.4. The molecule has 0 radical (unpaired) electrons. The van der Waals surface area contributed by atoms with Gasteiger partial charge in [-0.3, -0.25) is 4.79 Å². The molecule has 170 valence electrons. The van der Waals surface area contributed by atoms with E-state index in [-0.39, 0.29) is 25.4 Å². The van der Waals surface area contributed by atoms with Crippen molar-refractivity contribution >= 4 is 41.1 Å². The van der Waals surface area contributed by atoms with Crippen molar-refractivity contribution in [2.75, 3.05) is 5.32 Å². The van der Waals surface area contributed by atoms with E-state index in [1.807, 2.05) is 0 Å². The monoisotopic (exact) mass is 469 g/mol. The Labute approximate surface area is 192 Å². The van der Waals surface area contributed by atoms with Gasteiger partial charge in [-0.05, 0) is 51.5 Å². The summed E-state index contributed by atoms with van der Waals surface area (Å²) >= 11 is 6.44. The third-order valence-corrected chi connectivity index (χ3v) is 3.94. The molecule has 1 aromatic heterocycles. The lowest BCUT2D eigenvalue weighted by Gasteiger charge is -2.20. The maximum Gasteiger partial charge on any atom is 0.407 e. The number of nitrogens with zero attached hydrogens (tertiary/aromatic N) is 1. The lowest BCUT2D eigenvalue weighted by Crippen LogP contribution is -2.32. The molecule has 1 aromatic carbocycles. The van der Waals surface area contributed by atoms with E-state index in [2.05, 4.69) is 38.9 Å². The molecule has 2 N–H and O–H groups in total. The molecule has 3 rings (SSSR count). The zero-order valence-electron chi connectivity index (χ0n) is 16.9. The number of aromatic nitrogens is 1. The first-order valence-electron chi connectivity index (χ1n) is 9.12. The van der Waals surface area contributed by atoms with Crippen LogP contribution in [0.5, 0.6) is 11.5 Å². The molecule has 0 atom stereocenters. The number of anilines is 1. The largest absolute Gasteiger partial charge is 0.457 e. The lowest BCUT2D eigenvalue weighted by molar-refractivity contribution is -0.116. The third kappa shape index (κ3) is 7.95. The first-order valence-corrected chi connectivity index (χ1v) is 10.7. The van der Waals surface area contributed by atoms with Crippen molar-refractivity contribution in [3.05, 3.63) is 47.4 Å². The SMILES string of the molecule is C.CC(C)(C)OC(=O)NCc1cc(Oc2ccnc3c2CCC(=O)N3)ccc1F.SS. The van der Waals surface area contributed by atoms with Crippen LogP contribution in [-0.2, 0) is 22.5 Å². The minimum atomic E-state index is -0.635. The quantitative estimate of drug-likeness (QED) is 0.360. The fraction of sp³-hybridized carbons (Fsp3) is 0.381. The van der Waals surface area contributed by atoms with Gasteiger partial charge in [0.15, 0.2) is 0 Å². The Bertz CT molecular complexity index is 920. The fourth-order valence-electron chi connectivity index (χ4n) is 2.71. The summed E-state index contributed by atoms with van der Waals surface area (Å²) < 4.78 is 25.2. The van der Waals surface area contributed by atoms with Crippen LogP contribution in [-0.4, -0.2) is 22.6 Å². The number of thiol groups is 2. The first-order chi connectivity index (χ1) is 14.2. The molecule has 0 saturated heterocycles. The number of carbonyl (C=O) groups is 2. The van der Waals surface area contributed by atoms with E-state index in [0.717, 1.165) is 5.56 Å². The molecule has 0 saturated carbocycles. The molecule has 0 unspecified atom stereocenters. The van der Waals surface area contributed by atoms with Crippen molar-refractivity contribution in [1.82, 2.24) is 10.3 Å². The van der Waals surface area contributed by atoms with Crippen molar-refractivity contribution in [3.8, 4) is 11.5 Å². The molecule has 0 fully saturated rings. The minimum Gasteiger partial charge on any atom is -0.457 e. The molecule has 2 amide bonds. The van der Waals surface area contributed by atoms with Gasteiger partial charge in [-0.15, -0.1) is 23.3 Å². The van der Waals surface area contributed by atoms with Crippen molar-refractivity contribution in [2.24, 2.45) is 0 Å². The highest BCUT2D eigenvalue weighted by atomic mass is 33.1. The molecular formula is C21H28FN3O4S2. The fourth-order valence-corrected chi connectivity index (χ4v) is 2.71. The van der Waals surface area contributed by atoms with Gasteiger partial charge in [0.25, 0.3) is 0 Å². The van der Waals surface area contributed by atoms with Gasteiger partial charge in [0, 0.05) is 30.3 Å². The van der Waals surface area contributed by atoms with E-state index in [0.29, 0.717) is 30.2 Å². The molecule has 31 heavy (non-hydrogen) atoms. The third-order valence-electron chi connectivity index (χ3n) is 3.94. The predicted octanol–water partition coefficient (Wildman–Crippen LogP) is 5.32. The van der Waals surface area contributed by atoms with Crippen LogP contribution in [0.3, 0.4) is 0 Å². The van der Waals surface area contributed by atoms with Gasteiger partial charge in [0.05, 0.1) is 0 Å². The zero-order chi connectivity index (χ0) is 22.3. The molecular weight excluding hydrogens is 441 g/mol. The summed E-state index contributed by atoms with van der Waals surface area (Å²) in [6.07, 6.45) is 1.77. The number of rotatable bonds is 4. The van der Waals surface area contributed by atoms with Gasteiger partial charge >= 0.3 is 6.09 Å². The second-order valence-corrected chi connectivity index (χ2v) is 7.40. The first kappa shape index (κ1) is 26.6. The van der Waals surface area contributed by atoms with Crippen molar-refractivity contribution in [1.29, 1.82) is 0 Å². The number of amides is 2. The van der Waals surface area contributed by atoms with Crippen LogP contribution >= 0.6 is 23.3 Å². The van der Waals surface area contributed by atoms with E-state index >= 15 is 0 Å². The predicted molar refractivity (Wildman–Crippen MR) is 125 cm³/mol. The van der Waals surface area contributed by atoms with E-state index < -0.39 is 17.5 Å². The molecule has 0 aliphatic carbocycles. The number of ether oxygens (including phenoxy) is 2. The smallest absolute Gasteiger partial charge is 0.407 e. The zero-order valence-corrected chi connectivity index (χ0v) is 18.6. The highest BCUT2D eigenvalue weighted by Crippen LogP contribution is 2.33. The van der Waals surface area contributed by atoms with Gasteiger partial charge in [-0.2, -0.15) is 0 Å². The molecule has 1 aliphatic rings. The number of hydrogen-bond donors (Lipinski definition) is 4. The molecule has 0 bridgehead atoms. The summed E-state index contributed by atoms with van der Waals surface area (Å²) in [5.41, 5.74) is 0.420. The van der Waals surface area contributed by atoms with E-state index in [4.69, 9.17) is 9.47 Å². The molecule has 0 spiro atoms. The maximum absolute atomic E-state index is 14.1. The Kier molecular flexibility index (Phi) is 10.1. The Hall–Kier alpha value is -2.46. The summed E-state index contributed by atoms with van der Waals surface area (Å²) in [5, 5.41) is 5.23. The highest BCUT2D eigenvalue weighted by Gasteiger charge is 2.20. The Balaban J connectivity index is 0.00000156. The van der Waals surface area contributed by atoms with E-state index in [1.54, 1.807) is 26.8 Å². The maximum atomic E-state index is 14.1. The average molecular weight is 470 g/mol. The van der Waals surface area contributed by atoms with Crippen molar-refractivity contribution < 1.29 is 23.5 Å². The van der Waals surface area contributed by atoms with E-state index in [9.17, 15) is 14.0 Å². The average Bonchev–Trinajstić information content (AvgIpc) is 2.68. The van der Waals surface area contributed by atoms with Crippen LogP contribution in [0.15, 0.2) is 30.5 Å². The second kappa shape index (κ2) is 11.8. The standard InChI is InChI=1S/C20H22FN3O4.CH4.H2S2/c1-20(2,3)28-19(26)23-11-12-10-13(4-6-15(12)21)27-16-8-9-22-18-14(16)5-7-17(25)24-18;;1-2/h4,6,8-10H,5,7,11H2,1-3H3,(H,23,26)(H,22,24,25);1H4;1-2H. The number of benzene rings is 1. The second-order valence-electron chi connectivity index (χ2n) is 7.40. The van der Waals surface area contributed by atoms with Crippen LogP contribution in [0.4, 0.5) is 15.0 Å². The lowest BCUT2D eigenvalue weighted by atomic mass is 10.1. The number of hydrogen-bond acceptors (Lipinski definition) is 7. The number of nitrogens with one attached hydrogen (secondary N) is 2. The van der Waals surface area contributed by atoms with Crippen LogP contribution in [0, 0.1) is 5.82 Å². The summed E-state index contributed by atoms with van der Waals surface area (Å²) in [5.74, 6) is 0.875. The number of alkyl carbamates (subject to hydrolysis) is 1. The Morgan fingerprint density at radius 1 is 1.26 bits per heavy atom. The summed E-state index contributed by atoms with van der Waals surface area (Å²) in [7, 11) is 0. The van der Waals surface area contributed by atoms with Gasteiger partial charge in [0.1, 0.15) is 28.7 Å².